The summed E-state index contributed by atoms with van der Waals surface area (Å²) in [5.74, 6) is 0.316. The van der Waals surface area contributed by atoms with Crippen LogP contribution in [0.15, 0.2) is 30.3 Å². The fourth-order valence-corrected chi connectivity index (χ4v) is 3.04. The van der Waals surface area contributed by atoms with Crippen molar-refractivity contribution in [1.29, 1.82) is 0 Å². The molecule has 0 aliphatic carbocycles. The van der Waals surface area contributed by atoms with Crippen molar-refractivity contribution in [3.8, 4) is 5.75 Å². The molecule has 0 atom stereocenters. The van der Waals surface area contributed by atoms with Crippen LogP contribution in [-0.4, -0.2) is 72.5 Å². The van der Waals surface area contributed by atoms with Crippen LogP contribution in [0.4, 0.5) is 4.79 Å². The molecule has 0 unspecified atom stereocenters. The van der Waals surface area contributed by atoms with E-state index in [1.807, 2.05) is 32.9 Å². The Morgan fingerprint density at radius 2 is 1.48 bits per heavy atom. The summed E-state index contributed by atoms with van der Waals surface area (Å²) < 4.78 is 5.30. The number of carbonyl (C=O) groups is 2. The molecule has 1 aromatic rings. The second-order valence-electron chi connectivity index (χ2n) is 6.03. The summed E-state index contributed by atoms with van der Waals surface area (Å²) in [7, 11) is 0. The van der Waals surface area contributed by atoms with Crippen molar-refractivity contribution in [1.82, 2.24) is 14.7 Å². The van der Waals surface area contributed by atoms with Gasteiger partial charge in [0.2, 0.25) is 0 Å². The van der Waals surface area contributed by atoms with Gasteiger partial charge in [-0.15, -0.1) is 0 Å². The Labute approximate surface area is 136 Å². The van der Waals surface area contributed by atoms with Gasteiger partial charge in [-0.05, 0) is 25.0 Å². The fraction of sp³-hybridized carbons (Fsp3) is 0.529. The van der Waals surface area contributed by atoms with Gasteiger partial charge in [0.25, 0.3) is 0 Å². The molecular formula is C17H23N3O3. The van der Waals surface area contributed by atoms with Crippen molar-refractivity contribution in [3.05, 3.63) is 30.3 Å². The summed E-state index contributed by atoms with van der Waals surface area (Å²) in [6.07, 6.45) is 2.22. The van der Waals surface area contributed by atoms with Gasteiger partial charge in [-0.25, -0.2) is 4.79 Å². The number of benzene rings is 1. The van der Waals surface area contributed by atoms with Gasteiger partial charge in [0, 0.05) is 39.3 Å². The van der Waals surface area contributed by atoms with Crippen LogP contribution in [0.1, 0.15) is 12.8 Å². The number of nitrogens with zero attached hydrogens (tertiary/aromatic N) is 3. The van der Waals surface area contributed by atoms with Crippen LogP contribution < -0.4 is 4.74 Å². The first-order valence-electron chi connectivity index (χ1n) is 8.24. The highest BCUT2D eigenvalue weighted by atomic mass is 16.5. The lowest BCUT2D eigenvalue weighted by Crippen LogP contribution is -2.53. The standard InChI is InChI=1S/C17H23N3O3/c21-16(23-15-6-2-1-3-7-15)14-18-10-12-20(13-11-18)17(22)19-8-4-5-9-19/h1-3,6-7H,4-5,8-14H2. The average Bonchev–Trinajstić information content (AvgIpc) is 3.10. The zero-order valence-corrected chi connectivity index (χ0v) is 13.3. The quantitative estimate of drug-likeness (QED) is 0.625. The summed E-state index contributed by atoms with van der Waals surface area (Å²) in [5.41, 5.74) is 0. The zero-order valence-electron chi connectivity index (χ0n) is 13.3. The van der Waals surface area contributed by atoms with Crippen molar-refractivity contribution in [2.45, 2.75) is 12.8 Å². The number of hydrogen-bond donors (Lipinski definition) is 0. The molecule has 2 saturated heterocycles. The molecule has 0 aromatic heterocycles. The Hall–Kier alpha value is -2.08. The molecule has 3 rings (SSSR count). The third-order valence-corrected chi connectivity index (χ3v) is 4.35. The highest BCUT2D eigenvalue weighted by Gasteiger charge is 2.27. The minimum Gasteiger partial charge on any atom is -0.426 e. The first kappa shape index (κ1) is 15.8. The lowest BCUT2D eigenvalue weighted by atomic mass is 10.3. The van der Waals surface area contributed by atoms with Crippen molar-refractivity contribution in [3.63, 3.8) is 0 Å². The van der Waals surface area contributed by atoms with Gasteiger partial charge in [0.1, 0.15) is 5.75 Å². The molecular weight excluding hydrogens is 294 g/mol. The maximum absolute atomic E-state index is 12.3. The average molecular weight is 317 g/mol. The second-order valence-corrected chi connectivity index (χ2v) is 6.03. The molecule has 0 radical (unpaired) electrons. The molecule has 2 aliphatic heterocycles. The molecule has 0 bridgehead atoms. The summed E-state index contributed by atoms with van der Waals surface area (Å²) in [4.78, 5) is 30.1. The molecule has 1 aromatic carbocycles. The van der Waals surface area contributed by atoms with E-state index >= 15 is 0 Å². The van der Waals surface area contributed by atoms with Crippen molar-refractivity contribution < 1.29 is 14.3 Å². The normalized spacial score (nSPS) is 19.0. The van der Waals surface area contributed by atoms with Gasteiger partial charge in [-0.3, -0.25) is 9.69 Å². The number of piperazine rings is 1. The molecule has 124 valence electrons. The maximum Gasteiger partial charge on any atom is 0.325 e. The number of carbonyl (C=O) groups excluding carboxylic acids is 2. The van der Waals surface area contributed by atoms with Crippen LogP contribution in [0.25, 0.3) is 0 Å². The molecule has 6 heteroatoms. The largest absolute Gasteiger partial charge is 0.426 e. The fourth-order valence-electron chi connectivity index (χ4n) is 3.04. The Morgan fingerprint density at radius 3 is 2.13 bits per heavy atom. The highest BCUT2D eigenvalue weighted by Crippen LogP contribution is 2.13. The number of hydrogen-bond acceptors (Lipinski definition) is 4. The summed E-state index contributed by atoms with van der Waals surface area (Å²) >= 11 is 0. The Balaban J connectivity index is 1.42. The van der Waals surface area contributed by atoms with Crippen LogP contribution in [0.3, 0.4) is 0 Å². The summed E-state index contributed by atoms with van der Waals surface area (Å²) in [6, 6.07) is 9.24. The van der Waals surface area contributed by atoms with Crippen molar-refractivity contribution in [2.24, 2.45) is 0 Å². The van der Waals surface area contributed by atoms with Crippen LogP contribution in [0.5, 0.6) is 5.75 Å². The van der Waals surface area contributed by atoms with Gasteiger partial charge in [-0.1, -0.05) is 18.2 Å². The third kappa shape index (κ3) is 4.22. The van der Waals surface area contributed by atoms with E-state index in [1.54, 1.807) is 12.1 Å². The van der Waals surface area contributed by atoms with Crippen molar-refractivity contribution in [2.75, 3.05) is 45.8 Å². The molecule has 0 N–H and O–H groups in total. The summed E-state index contributed by atoms with van der Waals surface area (Å²) in [5, 5.41) is 0. The monoisotopic (exact) mass is 317 g/mol. The minimum absolute atomic E-state index is 0.147. The van der Waals surface area contributed by atoms with E-state index < -0.39 is 0 Å². The van der Waals surface area contributed by atoms with Crippen LogP contribution >= 0.6 is 0 Å². The lowest BCUT2D eigenvalue weighted by Gasteiger charge is -2.36. The van der Waals surface area contributed by atoms with E-state index in [0.29, 0.717) is 31.9 Å². The van der Waals surface area contributed by atoms with Gasteiger partial charge < -0.3 is 14.5 Å². The first-order chi connectivity index (χ1) is 11.2. The van der Waals surface area contributed by atoms with E-state index in [1.165, 1.54) is 0 Å². The van der Waals surface area contributed by atoms with Crippen LogP contribution in [-0.2, 0) is 4.79 Å². The number of amides is 2. The highest BCUT2D eigenvalue weighted by molar-refractivity contribution is 5.75. The number of esters is 1. The molecule has 2 heterocycles. The predicted octanol–water partition coefficient (Wildman–Crippen LogP) is 1.43. The first-order valence-corrected chi connectivity index (χ1v) is 8.24. The Kier molecular flexibility index (Phi) is 5.12. The van der Waals surface area contributed by atoms with E-state index in [9.17, 15) is 9.59 Å². The van der Waals surface area contributed by atoms with E-state index in [4.69, 9.17) is 4.74 Å². The number of ether oxygens (including phenoxy) is 1. The SMILES string of the molecule is O=C(CN1CCN(C(=O)N2CCCC2)CC1)Oc1ccccc1. The molecule has 2 amide bonds. The molecule has 23 heavy (non-hydrogen) atoms. The van der Waals surface area contributed by atoms with E-state index in [2.05, 4.69) is 0 Å². The smallest absolute Gasteiger partial charge is 0.325 e. The molecule has 0 saturated carbocycles. The number of rotatable bonds is 3. The van der Waals surface area contributed by atoms with Crippen molar-refractivity contribution >= 4 is 12.0 Å². The van der Waals surface area contributed by atoms with Crippen LogP contribution in [0, 0.1) is 0 Å². The molecule has 2 fully saturated rings. The van der Waals surface area contributed by atoms with Gasteiger partial charge in [0.05, 0.1) is 6.54 Å². The molecule has 0 spiro atoms. The molecule has 2 aliphatic rings. The van der Waals surface area contributed by atoms with Gasteiger partial charge in [0.15, 0.2) is 0 Å². The third-order valence-electron chi connectivity index (χ3n) is 4.35. The van der Waals surface area contributed by atoms with Gasteiger partial charge >= 0.3 is 12.0 Å². The Bertz CT molecular complexity index is 535. The minimum atomic E-state index is -0.254. The van der Waals surface area contributed by atoms with Crippen LogP contribution in [0.2, 0.25) is 0 Å². The predicted molar refractivity (Wildman–Crippen MR) is 86.3 cm³/mol. The zero-order chi connectivity index (χ0) is 16.1. The summed E-state index contributed by atoms with van der Waals surface area (Å²) in [6.45, 7) is 4.79. The number of para-hydroxylation sites is 1. The maximum atomic E-state index is 12.3. The van der Waals surface area contributed by atoms with E-state index in [0.717, 1.165) is 25.9 Å². The second kappa shape index (κ2) is 7.46. The lowest BCUT2D eigenvalue weighted by molar-refractivity contribution is -0.136. The topological polar surface area (TPSA) is 53.1 Å². The molecule has 6 nitrogen and oxygen atoms in total. The number of likely N-dealkylation sites (tertiary alicyclic amines) is 1. The Morgan fingerprint density at radius 1 is 0.870 bits per heavy atom. The number of urea groups is 1. The van der Waals surface area contributed by atoms with E-state index in [-0.39, 0.29) is 18.5 Å². The van der Waals surface area contributed by atoms with Gasteiger partial charge in [-0.2, -0.15) is 0 Å².